The van der Waals surface area contributed by atoms with Crippen LogP contribution >= 0.6 is 0 Å². The van der Waals surface area contributed by atoms with Gasteiger partial charge in [-0.1, -0.05) is 0 Å². The van der Waals surface area contributed by atoms with Gasteiger partial charge in [-0.25, -0.2) is 9.97 Å². The molecular weight excluding hydrogens is 330 g/mol. The number of hydrogen-bond donors (Lipinski definition) is 1. The summed E-state index contributed by atoms with van der Waals surface area (Å²) in [5, 5.41) is 10.8. The predicted octanol–water partition coefficient (Wildman–Crippen LogP) is 1.35. The molecule has 1 amide bonds. The zero-order valence-corrected chi connectivity index (χ0v) is 15.7. The number of nitrogens with zero attached hydrogens (tertiary/aromatic N) is 6. The predicted molar refractivity (Wildman–Crippen MR) is 101 cm³/mol. The molecule has 1 aliphatic rings. The van der Waals surface area contributed by atoms with Gasteiger partial charge < -0.3 is 15.1 Å². The van der Waals surface area contributed by atoms with Gasteiger partial charge in [-0.05, 0) is 38.8 Å². The van der Waals surface area contributed by atoms with Crippen LogP contribution in [0.3, 0.4) is 0 Å². The second kappa shape index (κ2) is 7.63. The Morgan fingerprint density at radius 1 is 1.19 bits per heavy atom. The Morgan fingerprint density at radius 3 is 2.50 bits per heavy atom. The standard InChI is InChI=1S/C18H25N7O/c1-12-11-17(21-13(2)20-12)25-9-7-14(8-10-25)24(4)16-6-5-15(22-23-16)18(26)19-3/h5-6,11,14H,7-10H2,1-4H3,(H,19,26). The van der Waals surface area contributed by atoms with E-state index in [0.717, 1.165) is 49.1 Å². The van der Waals surface area contributed by atoms with Crippen molar-refractivity contribution >= 4 is 17.5 Å². The van der Waals surface area contributed by atoms with Crippen LogP contribution in [-0.2, 0) is 0 Å². The van der Waals surface area contributed by atoms with Crippen LogP contribution in [0.2, 0.25) is 0 Å². The Balaban J connectivity index is 1.63. The first-order valence-electron chi connectivity index (χ1n) is 8.84. The molecule has 1 saturated heterocycles. The van der Waals surface area contributed by atoms with Crippen LogP contribution in [-0.4, -0.2) is 59.3 Å². The summed E-state index contributed by atoms with van der Waals surface area (Å²) >= 11 is 0. The maximum absolute atomic E-state index is 11.6. The molecule has 0 aromatic carbocycles. The smallest absolute Gasteiger partial charge is 0.271 e. The average Bonchev–Trinajstić information content (AvgIpc) is 2.66. The molecule has 26 heavy (non-hydrogen) atoms. The van der Waals surface area contributed by atoms with Crippen molar-refractivity contribution in [2.45, 2.75) is 32.7 Å². The van der Waals surface area contributed by atoms with Gasteiger partial charge in [-0.3, -0.25) is 4.79 Å². The van der Waals surface area contributed by atoms with Crippen LogP contribution in [0.15, 0.2) is 18.2 Å². The number of carbonyl (C=O) groups is 1. The zero-order valence-electron chi connectivity index (χ0n) is 15.7. The highest BCUT2D eigenvalue weighted by Crippen LogP contribution is 2.23. The third-order valence-electron chi connectivity index (χ3n) is 4.76. The molecule has 1 N–H and O–H groups in total. The van der Waals surface area contributed by atoms with Gasteiger partial charge in [0, 0.05) is 45.0 Å². The number of anilines is 2. The molecule has 2 aromatic rings. The van der Waals surface area contributed by atoms with Crippen molar-refractivity contribution in [1.82, 2.24) is 25.5 Å². The van der Waals surface area contributed by atoms with E-state index < -0.39 is 0 Å². The molecule has 3 heterocycles. The number of rotatable bonds is 4. The average molecular weight is 355 g/mol. The van der Waals surface area contributed by atoms with E-state index in [2.05, 4.69) is 35.3 Å². The SMILES string of the molecule is CNC(=O)c1ccc(N(C)C2CCN(c3cc(C)nc(C)n3)CC2)nn1. The lowest BCUT2D eigenvalue weighted by molar-refractivity contribution is 0.0957. The van der Waals surface area contributed by atoms with E-state index in [0.29, 0.717) is 11.7 Å². The van der Waals surface area contributed by atoms with Gasteiger partial charge in [-0.2, -0.15) is 0 Å². The van der Waals surface area contributed by atoms with Crippen molar-refractivity contribution in [2.75, 3.05) is 37.0 Å². The first-order chi connectivity index (χ1) is 12.5. The van der Waals surface area contributed by atoms with Gasteiger partial charge in [0.15, 0.2) is 11.5 Å². The summed E-state index contributed by atoms with van der Waals surface area (Å²) in [5.74, 6) is 2.37. The van der Waals surface area contributed by atoms with Gasteiger partial charge in [0.25, 0.3) is 5.91 Å². The fourth-order valence-electron chi connectivity index (χ4n) is 3.29. The largest absolute Gasteiger partial charge is 0.356 e. The molecule has 1 fully saturated rings. The van der Waals surface area contributed by atoms with Crippen LogP contribution in [0.1, 0.15) is 34.8 Å². The highest BCUT2D eigenvalue weighted by atomic mass is 16.1. The second-order valence-electron chi connectivity index (χ2n) is 6.60. The van der Waals surface area contributed by atoms with E-state index in [9.17, 15) is 4.79 Å². The molecule has 2 aromatic heterocycles. The van der Waals surface area contributed by atoms with Gasteiger partial charge in [0.05, 0.1) is 0 Å². The Kier molecular flexibility index (Phi) is 5.29. The number of carbonyl (C=O) groups excluding carboxylic acids is 1. The molecule has 3 rings (SSSR count). The molecule has 0 saturated carbocycles. The van der Waals surface area contributed by atoms with Crippen molar-refractivity contribution in [2.24, 2.45) is 0 Å². The lowest BCUT2D eigenvalue weighted by Gasteiger charge is -2.37. The third-order valence-corrected chi connectivity index (χ3v) is 4.76. The van der Waals surface area contributed by atoms with E-state index in [-0.39, 0.29) is 5.91 Å². The molecule has 1 aliphatic heterocycles. The fraction of sp³-hybridized carbons (Fsp3) is 0.500. The highest BCUT2D eigenvalue weighted by Gasteiger charge is 2.24. The molecule has 0 unspecified atom stereocenters. The first-order valence-corrected chi connectivity index (χ1v) is 8.84. The number of aryl methyl sites for hydroxylation is 2. The van der Waals surface area contributed by atoms with Gasteiger partial charge >= 0.3 is 0 Å². The molecule has 0 bridgehead atoms. The minimum Gasteiger partial charge on any atom is -0.356 e. The summed E-state index contributed by atoms with van der Waals surface area (Å²) < 4.78 is 0. The van der Waals surface area contributed by atoms with Crippen molar-refractivity contribution in [3.05, 3.63) is 35.4 Å². The summed E-state index contributed by atoms with van der Waals surface area (Å²) in [7, 11) is 3.61. The molecular formula is C18H25N7O. The monoisotopic (exact) mass is 355 g/mol. The zero-order chi connectivity index (χ0) is 18.7. The van der Waals surface area contributed by atoms with E-state index >= 15 is 0 Å². The molecule has 8 nitrogen and oxygen atoms in total. The summed E-state index contributed by atoms with van der Waals surface area (Å²) in [6.45, 7) is 5.81. The van der Waals surface area contributed by atoms with E-state index in [1.807, 2.05) is 33.0 Å². The van der Waals surface area contributed by atoms with Crippen molar-refractivity contribution < 1.29 is 4.79 Å². The van der Waals surface area contributed by atoms with Crippen molar-refractivity contribution in [3.63, 3.8) is 0 Å². The second-order valence-corrected chi connectivity index (χ2v) is 6.60. The normalized spacial score (nSPS) is 15.0. The molecule has 138 valence electrons. The summed E-state index contributed by atoms with van der Waals surface area (Å²) in [5.41, 5.74) is 1.33. The molecule has 8 heteroatoms. The van der Waals surface area contributed by atoms with E-state index in [1.54, 1.807) is 13.1 Å². The Bertz CT molecular complexity index is 749. The summed E-state index contributed by atoms with van der Waals surface area (Å²) in [6, 6.07) is 5.98. The first kappa shape index (κ1) is 18.0. The number of nitrogens with one attached hydrogen (secondary N) is 1. The van der Waals surface area contributed by atoms with Crippen LogP contribution in [0.25, 0.3) is 0 Å². The quantitative estimate of drug-likeness (QED) is 0.886. The maximum Gasteiger partial charge on any atom is 0.271 e. The third kappa shape index (κ3) is 3.89. The van der Waals surface area contributed by atoms with Crippen LogP contribution in [0.4, 0.5) is 11.6 Å². The van der Waals surface area contributed by atoms with E-state index in [1.165, 1.54) is 0 Å². The topological polar surface area (TPSA) is 87.1 Å². The fourth-order valence-corrected chi connectivity index (χ4v) is 3.29. The molecule has 0 spiro atoms. The van der Waals surface area contributed by atoms with Crippen molar-refractivity contribution in [3.8, 4) is 0 Å². The molecule has 0 radical (unpaired) electrons. The van der Waals surface area contributed by atoms with Crippen molar-refractivity contribution in [1.29, 1.82) is 0 Å². The lowest BCUT2D eigenvalue weighted by atomic mass is 10.0. The number of amides is 1. The van der Waals surface area contributed by atoms with Crippen LogP contribution in [0, 0.1) is 13.8 Å². The number of hydrogen-bond acceptors (Lipinski definition) is 7. The Morgan fingerprint density at radius 2 is 1.92 bits per heavy atom. The minimum absolute atomic E-state index is 0.226. The maximum atomic E-state index is 11.6. The Labute approximate surface area is 153 Å². The summed E-state index contributed by atoms with van der Waals surface area (Å²) in [6.07, 6.45) is 2.02. The Hall–Kier alpha value is -2.77. The minimum atomic E-state index is -0.226. The van der Waals surface area contributed by atoms with E-state index in [4.69, 9.17) is 0 Å². The molecule has 0 atom stereocenters. The number of piperidine rings is 1. The van der Waals surface area contributed by atoms with Gasteiger partial charge in [0.1, 0.15) is 11.6 Å². The summed E-state index contributed by atoms with van der Waals surface area (Å²) in [4.78, 5) is 24.9. The number of aromatic nitrogens is 4. The molecule has 0 aliphatic carbocycles. The highest BCUT2D eigenvalue weighted by molar-refractivity contribution is 5.91. The van der Waals surface area contributed by atoms with Gasteiger partial charge in [-0.15, -0.1) is 10.2 Å². The van der Waals surface area contributed by atoms with Crippen LogP contribution < -0.4 is 15.1 Å². The van der Waals surface area contributed by atoms with Gasteiger partial charge in [0.2, 0.25) is 0 Å². The lowest BCUT2D eigenvalue weighted by Crippen LogP contribution is -2.44. The van der Waals surface area contributed by atoms with Crippen LogP contribution in [0.5, 0.6) is 0 Å².